The molecule has 0 fully saturated rings. The molecule has 0 unspecified atom stereocenters. The zero-order chi connectivity index (χ0) is 22.7. The molecule has 2 N–H and O–H groups in total. The van der Waals surface area contributed by atoms with Gasteiger partial charge < -0.3 is 10.1 Å². The zero-order valence-electron chi connectivity index (χ0n) is 16.6. The number of imidazole rings is 1. The number of carbonyl (C=O) groups excluding carboxylic acids is 1. The lowest BCUT2D eigenvalue weighted by molar-refractivity contribution is 0.0500. The maximum atomic E-state index is 14.2. The minimum absolute atomic E-state index is 0.00597. The highest BCUT2D eigenvalue weighted by molar-refractivity contribution is 6.33. The Morgan fingerprint density at radius 2 is 2.00 bits per heavy atom. The number of unbranched alkanes of at least 4 members (excludes halogenated alkanes) is 1. The number of aromatic nitrogens is 3. The van der Waals surface area contributed by atoms with Gasteiger partial charge in [-0.3, -0.25) is 9.55 Å². The Morgan fingerprint density at radius 1 is 1.26 bits per heavy atom. The van der Waals surface area contributed by atoms with Crippen LogP contribution in [0.2, 0.25) is 5.02 Å². The molecule has 31 heavy (non-hydrogen) atoms. The van der Waals surface area contributed by atoms with Crippen molar-refractivity contribution in [3.05, 3.63) is 63.0 Å². The number of carbonyl (C=O) groups is 1. The van der Waals surface area contributed by atoms with Crippen molar-refractivity contribution in [1.82, 2.24) is 14.5 Å². The summed E-state index contributed by atoms with van der Waals surface area (Å²) in [6.07, 6.45) is 1.60. The van der Waals surface area contributed by atoms with Crippen molar-refractivity contribution < 1.29 is 22.7 Å². The molecule has 11 heteroatoms. The Hall–Kier alpha value is -3.27. The number of esters is 1. The van der Waals surface area contributed by atoms with Crippen molar-refractivity contribution >= 4 is 29.1 Å². The van der Waals surface area contributed by atoms with Crippen LogP contribution in [0.4, 0.5) is 24.7 Å². The third-order valence-electron chi connectivity index (χ3n) is 4.44. The number of anilines is 2. The first-order valence-electron chi connectivity index (χ1n) is 9.27. The van der Waals surface area contributed by atoms with Crippen LogP contribution in [0.25, 0.3) is 11.3 Å². The van der Waals surface area contributed by atoms with Gasteiger partial charge in [0.1, 0.15) is 5.82 Å². The van der Waals surface area contributed by atoms with E-state index < -0.39 is 34.9 Å². The highest BCUT2D eigenvalue weighted by Gasteiger charge is 2.21. The van der Waals surface area contributed by atoms with Gasteiger partial charge in [0.25, 0.3) is 5.95 Å². The Kier molecular flexibility index (Phi) is 6.69. The van der Waals surface area contributed by atoms with E-state index in [9.17, 15) is 22.8 Å². The first-order chi connectivity index (χ1) is 14.7. The van der Waals surface area contributed by atoms with Gasteiger partial charge in [0.15, 0.2) is 5.82 Å². The number of ether oxygens (including phenoxy) is 1. The highest BCUT2D eigenvalue weighted by atomic mass is 35.5. The van der Waals surface area contributed by atoms with Gasteiger partial charge in [0.2, 0.25) is 5.95 Å². The lowest BCUT2D eigenvalue weighted by Crippen LogP contribution is -2.13. The molecule has 3 rings (SSSR count). The Morgan fingerprint density at radius 3 is 2.68 bits per heavy atom. The molecule has 0 aliphatic carbocycles. The first-order valence-corrected chi connectivity index (χ1v) is 9.65. The second-order valence-electron chi connectivity index (χ2n) is 6.62. The summed E-state index contributed by atoms with van der Waals surface area (Å²) >= 11 is 6.18. The normalized spacial score (nSPS) is 10.9. The minimum Gasteiger partial charge on any atom is -0.462 e. The second-order valence-corrected chi connectivity index (χ2v) is 7.03. The van der Waals surface area contributed by atoms with E-state index in [-0.39, 0.29) is 28.7 Å². The lowest BCUT2D eigenvalue weighted by atomic mass is 10.1. The molecule has 0 aliphatic rings. The highest BCUT2D eigenvalue weighted by Crippen LogP contribution is 2.31. The number of H-pyrrole nitrogens is 1. The average molecular weight is 455 g/mol. The van der Waals surface area contributed by atoms with Crippen molar-refractivity contribution in [1.29, 1.82) is 0 Å². The van der Waals surface area contributed by atoms with E-state index in [2.05, 4.69) is 15.3 Å². The standard InChI is InChI=1S/C20H18ClF3N4O3/c1-3-4-7-31-19(29)11-6-5-10(8-13(11)21)25-18-15(28(2)20(30)27-18)12-9-14(22)17(24)26-16(12)23/h5-6,8-9,25H,3-4,7H2,1-2H3,(H,27,30). The summed E-state index contributed by atoms with van der Waals surface area (Å²) in [7, 11) is 1.32. The quantitative estimate of drug-likeness (QED) is 0.311. The number of aromatic amines is 1. The van der Waals surface area contributed by atoms with E-state index in [0.29, 0.717) is 11.8 Å². The maximum absolute atomic E-state index is 14.2. The summed E-state index contributed by atoms with van der Waals surface area (Å²) in [5.41, 5.74) is -0.656. The van der Waals surface area contributed by atoms with Gasteiger partial charge in [0.05, 0.1) is 28.5 Å². The van der Waals surface area contributed by atoms with Gasteiger partial charge in [-0.2, -0.15) is 13.8 Å². The van der Waals surface area contributed by atoms with Crippen LogP contribution < -0.4 is 11.0 Å². The Labute approximate surface area is 179 Å². The summed E-state index contributed by atoms with van der Waals surface area (Å²) in [5, 5.41) is 2.92. The van der Waals surface area contributed by atoms with Crippen molar-refractivity contribution in [2.24, 2.45) is 7.05 Å². The summed E-state index contributed by atoms with van der Waals surface area (Å²) < 4.78 is 47.2. The number of pyridine rings is 1. The molecule has 3 aromatic rings. The molecular weight excluding hydrogens is 437 g/mol. The molecule has 2 aromatic heterocycles. The van der Waals surface area contributed by atoms with Crippen LogP contribution in [0.3, 0.4) is 0 Å². The van der Waals surface area contributed by atoms with E-state index in [1.54, 1.807) is 0 Å². The van der Waals surface area contributed by atoms with Crippen LogP contribution in [-0.2, 0) is 11.8 Å². The number of nitrogens with zero attached hydrogens (tertiary/aromatic N) is 2. The number of hydrogen-bond acceptors (Lipinski definition) is 5. The fourth-order valence-corrected chi connectivity index (χ4v) is 3.08. The van der Waals surface area contributed by atoms with E-state index in [0.717, 1.165) is 17.4 Å². The van der Waals surface area contributed by atoms with Crippen LogP contribution in [0.15, 0.2) is 29.1 Å². The molecule has 7 nitrogen and oxygen atoms in total. The van der Waals surface area contributed by atoms with Gasteiger partial charge in [-0.05, 0) is 30.7 Å². The number of halogens is 4. The molecule has 0 amide bonds. The first kappa shape index (κ1) is 22.4. The predicted octanol–water partition coefficient (Wildman–Crippen LogP) is 4.55. The second kappa shape index (κ2) is 9.25. The molecule has 0 saturated carbocycles. The summed E-state index contributed by atoms with van der Waals surface area (Å²) in [5.74, 6) is -4.84. The van der Waals surface area contributed by atoms with Crippen LogP contribution in [0.5, 0.6) is 0 Å². The van der Waals surface area contributed by atoms with Gasteiger partial charge in [-0.15, -0.1) is 0 Å². The third-order valence-corrected chi connectivity index (χ3v) is 4.75. The molecule has 0 radical (unpaired) electrons. The molecule has 0 atom stereocenters. The smallest absolute Gasteiger partial charge is 0.339 e. The van der Waals surface area contributed by atoms with Crippen LogP contribution in [0, 0.1) is 17.7 Å². The molecular formula is C20H18ClF3N4O3. The molecule has 0 aliphatic heterocycles. The average Bonchev–Trinajstić information content (AvgIpc) is 2.98. The Balaban J connectivity index is 1.93. The fourth-order valence-electron chi connectivity index (χ4n) is 2.83. The van der Waals surface area contributed by atoms with Crippen molar-refractivity contribution in [2.75, 3.05) is 11.9 Å². The van der Waals surface area contributed by atoms with Gasteiger partial charge >= 0.3 is 11.7 Å². The van der Waals surface area contributed by atoms with Gasteiger partial charge in [-0.1, -0.05) is 24.9 Å². The molecule has 2 heterocycles. The SMILES string of the molecule is CCCCOC(=O)c1ccc(Nc2[nH]c(=O)n(C)c2-c2cc(F)c(F)nc2F)cc1Cl. The summed E-state index contributed by atoms with van der Waals surface area (Å²) in [4.78, 5) is 29.5. The van der Waals surface area contributed by atoms with E-state index in [4.69, 9.17) is 16.3 Å². The third kappa shape index (κ3) is 4.74. The fraction of sp³-hybridized carbons (Fsp3) is 0.250. The molecule has 0 bridgehead atoms. The molecule has 0 saturated heterocycles. The van der Waals surface area contributed by atoms with Crippen LogP contribution in [-0.4, -0.2) is 27.1 Å². The van der Waals surface area contributed by atoms with E-state index in [1.807, 2.05) is 6.92 Å². The summed E-state index contributed by atoms with van der Waals surface area (Å²) in [6.45, 7) is 2.24. The van der Waals surface area contributed by atoms with Crippen molar-refractivity contribution in [2.45, 2.75) is 19.8 Å². The molecule has 0 spiro atoms. The minimum atomic E-state index is -1.59. The number of benzene rings is 1. The van der Waals surface area contributed by atoms with Gasteiger partial charge in [-0.25, -0.2) is 14.0 Å². The maximum Gasteiger partial charge on any atom is 0.339 e. The number of hydrogen-bond donors (Lipinski definition) is 2. The number of nitrogens with one attached hydrogen (secondary N) is 2. The topological polar surface area (TPSA) is 89.0 Å². The lowest BCUT2D eigenvalue weighted by Gasteiger charge is -2.11. The van der Waals surface area contributed by atoms with Crippen molar-refractivity contribution in [3.8, 4) is 11.3 Å². The number of rotatable bonds is 7. The van der Waals surface area contributed by atoms with E-state index in [1.165, 1.54) is 25.2 Å². The Bertz CT molecular complexity index is 1190. The van der Waals surface area contributed by atoms with Crippen LogP contribution >= 0.6 is 11.6 Å². The predicted molar refractivity (Wildman–Crippen MR) is 109 cm³/mol. The monoisotopic (exact) mass is 454 g/mol. The summed E-state index contributed by atoms with van der Waals surface area (Å²) in [6, 6.07) is 4.94. The zero-order valence-corrected chi connectivity index (χ0v) is 17.3. The van der Waals surface area contributed by atoms with Gasteiger partial charge in [0, 0.05) is 12.7 Å². The van der Waals surface area contributed by atoms with Crippen molar-refractivity contribution in [3.63, 3.8) is 0 Å². The molecule has 1 aromatic carbocycles. The molecule has 164 valence electrons. The van der Waals surface area contributed by atoms with Crippen LogP contribution in [0.1, 0.15) is 30.1 Å². The largest absolute Gasteiger partial charge is 0.462 e. The van der Waals surface area contributed by atoms with E-state index >= 15 is 0 Å².